The molecule has 2 atom stereocenters. The molecule has 2 aromatic rings. The molecule has 1 aromatic carbocycles. The van der Waals surface area contributed by atoms with Crippen molar-refractivity contribution in [2.45, 2.75) is 51.0 Å². The monoisotopic (exact) mass is 428 g/mol. The van der Waals surface area contributed by atoms with E-state index >= 15 is 0 Å². The van der Waals surface area contributed by atoms with Crippen molar-refractivity contribution in [3.8, 4) is 0 Å². The molecule has 4 saturated carbocycles. The number of hydrogen-bond donors (Lipinski definition) is 2. The average Bonchev–Trinajstić information content (AvgIpc) is 3.14. The second kappa shape index (κ2) is 7.01. The lowest BCUT2D eigenvalue weighted by Gasteiger charge is -2.60. The van der Waals surface area contributed by atoms with Crippen LogP contribution in [0.25, 0.3) is 11.0 Å². The summed E-state index contributed by atoms with van der Waals surface area (Å²) in [5.41, 5.74) is 1.00. The fourth-order valence-electron chi connectivity index (χ4n) is 6.40. The second-order valence-corrected chi connectivity index (χ2v) is 9.79. The van der Waals surface area contributed by atoms with Crippen LogP contribution in [0.5, 0.6) is 0 Å². The Labute approximate surface area is 178 Å². The first kappa shape index (κ1) is 19.4. The van der Waals surface area contributed by atoms with E-state index in [1.54, 1.807) is 12.1 Å². The smallest absolute Gasteiger partial charge is 0.312 e. The van der Waals surface area contributed by atoms with E-state index in [1.165, 1.54) is 6.92 Å². The summed E-state index contributed by atoms with van der Waals surface area (Å²) in [5.74, 6) is 0.0919. The van der Waals surface area contributed by atoms with Crippen LogP contribution in [0.3, 0.4) is 0 Å². The van der Waals surface area contributed by atoms with E-state index in [1.807, 2.05) is 6.07 Å². The number of aromatic nitrogens is 2. The fourth-order valence-corrected chi connectivity index (χ4v) is 6.95. The topological polar surface area (TPSA) is 110 Å². The first-order valence-corrected chi connectivity index (χ1v) is 11.1. The number of rotatable bonds is 5. The van der Waals surface area contributed by atoms with Gasteiger partial charge in [-0.05, 0) is 62.5 Å². The van der Waals surface area contributed by atoms with Gasteiger partial charge in [0, 0.05) is 12.5 Å². The standard InChI is InChI=1S/C21H24N4O4S/c1-12(26)23-21-8-13-5-14(9-21)7-20(6-13,11-21)19(28)29-10-17(27)22-15-3-2-4-16-18(15)25-30-24-16/h2-4,13-14H,5-11H2,1H3,(H,22,27)(H,23,26). The zero-order valence-corrected chi connectivity index (χ0v) is 17.6. The lowest BCUT2D eigenvalue weighted by Crippen LogP contribution is -2.64. The molecule has 6 rings (SSSR count). The molecule has 0 spiro atoms. The number of fused-ring (bicyclic) bond motifs is 1. The number of carbonyl (C=O) groups is 3. The van der Waals surface area contributed by atoms with Gasteiger partial charge in [-0.2, -0.15) is 8.75 Å². The van der Waals surface area contributed by atoms with Gasteiger partial charge < -0.3 is 15.4 Å². The van der Waals surface area contributed by atoms with Crippen molar-refractivity contribution in [2.75, 3.05) is 11.9 Å². The van der Waals surface area contributed by atoms with Gasteiger partial charge in [0.1, 0.15) is 11.0 Å². The second-order valence-electron chi connectivity index (χ2n) is 9.26. The predicted molar refractivity (Wildman–Crippen MR) is 111 cm³/mol. The minimum Gasteiger partial charge on any atom is -0.455 e. The van der Waals surface area contributed by atoms with Crippen LogP contribution in [0.4, 0.5) is 5.69 Å². The molecule has 0 radical (unpaired) electrons. The predicted octanol–water partition coefficient (Wildman–Crippen LogP) is 2.65. The number of carbonyl (C=O) groups excluding carboxylic acids is 3. The lowest BCUT2D eigenvalue weighted by atomic mass is 9.47. The summed E-state index contributed by atoms with van der Waals surface area (Å²) < 4.78 is 13.9. The largest absolute Gasteiger partial charge is 0.455 e. The molecule has 0 saturated heterocycles. The Morgan fingerprint density at radius 2 is 1.93 bits per heavy atom. The molecular formula is C21H24N4O4S. The van der Waals surface area contributed by atoms with Gasteiger partial charge >= 0.3 is 5.97 Å². The number of anilines is 1. The van der Waals surface area contributed by atoms with Gasteiger partial charge in [-0.1, -0.05) is 6.07 Å². The van der Waals surface area contributed by atoms with Crippen molar-refractivity contribution in [3.63, 3.8) is 0 Å². The van der Waals surface area contributed by atoms with Crippen molar-refractivity contribution in [3.05, 3.63) is 18.2 Å². The minimum atomic E-state index is -0.592. The zero-order valence-electron chi connectivity index (χ0n) is 16.8. The zero-order chi connectivity index (χ0) is 20.9. The van der Waals surface area contributed by atoms with E-state index in [-0.39, 0.29) is 24.0 Å². The summed E-state index contributed by atoms with van der Waals surface area (Å²) in [5, 5.41) is 5.91. The van der Waals surface area contributed by atoms with Crippen LogP contribution in [0.15, 0.2) is 18.2 Å². The van der Waals surface area contributed by atoms with Gasteiger partial charge in [0.05, 0.1) is 22.8 Å². The summed E-state index contributed by atoms with van der Waals surface area (Å²) in [6.07, 6.45) is 5.16. The van der Waals surface area contributed by atoms with Crippen molar-refractivity contribution in [2.24, 2.45) is 17.3 Å². The maximum absolute atomic E-state index is 13.1. The highest BCUT2D eigenvalue weighted by atomic mass is 32.1. The van der Waals surface area contributed by atoms with Crippen molar-refractivity contribution >= 4 is 46.2 Å². The van der Waals surface area contributed by atoms with Crippen molar-refractivity contribution < 1.29 is 19.1 Å². The highest BCUT2D eigenvalue weighted by Gasteiger charge is 2.61. The van der Waals surface area contributed by atoms with Crippen LogP contribution in [-0.2, 0) is 19.1 Å². The molecule has 1 heterocycles. The third kappa shape index (κ3) is 3.34. The van der Waals surface area contributed by atoms with E-state index in [0.717, 1.165) is 43.8 Å². The average molecular weight is 429 g/mol. The number of nitrogens with one attached hydrogen (secondary N) is 2. The molecule has 2 unspecified atom stereocenters. The Bertz CT molecular complexity index is 1020. The Hall–Kier alpha value is -2.55. The van der Waals surface area contributed by atoms with E-state index in [9.17, 15) is 14.4 Å². The molecule has 4 fully saturated rings. The van der Waals surface area contributed by atoms with Crippen LogP contribution < -0.4 is 10.6 Å². The molecule has 4 aliphatic carbocycles. The molecule has 9 heteroatoms. The SMILES string of the molecule is CC(=O)NC12CC3CC(C1)CC(C(=O)OCC(=O)Nc1cccc4nsnc14)(C3)C2. The van der Waals surface area contributed by atoms with Gasteiger partial charge in [0.15, 0.2) is 6.61 Å². The summed E-state index contributed by atoms with van der Waals surface area (Å²) in [6.45, 7) is 1.20. The van der Waals surface area contributed by atoms with Crippen molar-refractivity contribution in [1.82, 2.24) is 14.1 Å². The summed E-state index contributed by atoms with van der Waals surface area (Å²) in [4.78, 5) is 37.3. The first-order chi connectivity index (χ1) is 14.4. The minimum absolute atomic E-state index is 0.0504. The molecule has 0 aliphatic heterocycles. The van der Waals surface area contributed by atoms with E-state index < -0.39 is 11.3 Å². The molecule has 158 valence electrons. The van der Waals surface area contributed by atoms with Crippen LogP contribution in [-0.4, -0.2) is 38.7 Å². The van der Waals surface area contributed by atoms with Crippen LogP contribution in [0.2, 0.25) is 0 Å². The van der Waals surface area contributed by atoms with Crippen molar-refractivity contribution in [1.29, 1.82) is 0 Å². The van der Waals surface area contributed by atoms with Crippen LogP contribution in [0.1, 0.15) is 45.4 Å². The molecular weight excluding hydrogens is 404 g/mol. The fraction of sp³-hybridized carbons (Fsp3) is 0.571. The van der Waals surface area contributed by atoms with E-state index in [0.29, 0.717) is 35.0 Å². The molecule has 8 nitrogen and oxygen atoms in total. The molecule has 4 bridgehead atoms. The number of nitrogens with zero attached hydrogens (tertiary/aromatic N) is 2. The molecule has 2 N–H and O–H groups in total. The van der Waals surface area contributed by atoms with Gasteiger partial charge in [-0.15, -0.1) is 0 Å². The van der Waals surface area contributed by atoms with Crippen LogP contribution >= 0.6 is 11.7 Å². The number of ether oxygens (including phenoxy) is 1. The maximum Gasteiger partial charge on any atom is 0.312 e. The number of amides is 2. The Morgan fingerprint density at radius 3 is 2.67 bits per heavy atom. The first-order valence-electron chi connectivity index (χ1n) is 10.3. The highest BCUT2D eigenvalue weighted by molar-refractivity contribution is 7.00. The third-order valence-corrected chi connectivity index (χ3v) is 7.37. The van der Waals surface area contributed by atoms with E-state index in [4.69, 9.17) is 4.74 Å². The number of esters is 1. The summed E-state index contributed by atoms with van der Waals surface area (Å²) in [7, 11) is 0. The normalized spacial score (nSPS) is 31.5. The molecule has 2 amide bonds. The molecule has 30 heavy (non-hydrogen) atoms. The summed E-state index contributed by atoms with van der Waals surface area (Å²) in [6, 6.07) is 5.37. The molecule has 1 aromatic heterocycles. The van der Waals surface area contributed by atoms with Gasteiger partial charge in [-0.25, -0.2) is 0 Å². The van der Waals surface area contributed by atoms with Gasteiger partial charge in [-0.3, -0.25) is 14.4 Å². The number of benzene rings is 1. The Balaban J connectivity index is 1.26. The van der Waals surface area contributed by atoms with E-state index in [2.05, 4.69) is 19.4 Å². The highest BCUT2D eigenvalue weighted by Crippen LogP contribution is 2.62. The maximum atomic E-state index is 13.1. The van der Waals surface area contributed by atoms with Crippen LogP contribution in [0, 0.1) is 17.3 Å². The lowest BCUT2D eigenvalue weighted by molar-refractivity contribution is -0.176. The Morgan fingerprint density at radius 1 is 1.17 bits per heavy atom. The quantitative estimate of drug-likeness (QED) is 0.709. The number of hydrogen-bond acceptors (Lipinski definition) is 7. The Kier molecular flexibility index (Phi) is 4.53. The molecule has 4 aliphatic rings. The summed E-state index contributed by atoms with van der Waals surface area (Å²) >= 11 is 1.08. The van der Waals surface area contributed by atoms with Gasteiger partial charge in [0.2, 0.25) is 5.91 Å². The third-order valence-electron chi connectivity index (χ3n) is 6.83. The van der Waals surface area contributed by atoms with Gasteiger partial charge in [0.25, 0.3) is 5.91 Å².